The Kier molecular flexibility index (Phi) is 4.30. The van der Waals surface area contributed by atoms with Gasteiger partial charge in [0.2, 0.25) is 0 Å². The van der Waals surface area contributed by atoms with Gasteiger partial charge >= 0.3 is 0 Å². The highest BCUT2D eigenvalue weighted by Gasteiger charge is 2.20. The van der Waals surface area contributed by atoms with Crippen molar-refractivity contribution >= 4 is 17.3 Å². The summed E-state index contributed by atoms with van der Waals surface area (Å²) in [4.78, 5) is 2.45. The second-order valence-electron chi connectivity index (χ2n) is 4.97. The molecule has 3 heteroatoms. The Balaban J connectivity index is 2.28. The molecule has 0 radical (unpaired) electrons. The van der Waals surface area contributed by atoms with Gasteiger partial charge in [-0.05, 0) is 37.4 Å². The fourth-order valence-corrected chi connectivity index (χ4v) is 2.95. The smallest absolute Gasteiger partial charge is 0.0642 e. The van der Waals surface area contributed by atoms with E-state index in [9.17, 15) is 0 Å². The van der Waals surface area contributed by atoms with Crippen molar-refractivity contribution in [1.82, 2.24) is 5.32 Å². The SMILES string of the molecule is CNCc1cccc(Cl)c1N1CCCC(C)C1. The number of rotatable bonds is 3. The molecule has 0 saturated carbocycles. The van der Waals surface area contributed by atoms with Crippen molar-refractivity contribution in [2.45, 2.75) is 26.3 Å². The number of para-hydroxylation sites is 1. The third-order valence-corrected chi connectivity index (χ3v) is 3.72. The summed E-state index contributed by atoms with van der Waals surface area (Å²) >= 11 is 6.38. The maximum atomic E-state index is 6.38. The van der Waals surface area contributed by atoms with Crippen LogP contribution in [0.1, 0.15) is 25.3 Å². The van der Waals surface area contributed by atoms with Crippen LogP contribution >= 0.6 is 11.6 Å². The van der Waals surface area contributed by atoms with Crippen LogP contribution in [0.2, 0.25) is 5.02 Å². The van der Waals surface area contributed by atoms with Gasteiger partial charge in [-0.25, -0.2) is 0 Å². The largest absolute Gasteiger partial charge is 0.370 e. The van der Waals surface area contributed by atoms with Gasteiger partial charge in [-0.2, -0.15) is 0 Å². The molecule has 0 aromatic heterocycles. The Morgan fingerprint density at radius 2 is 2.29 bits per heavy atom. The Morgan fingerprint density at radius 3 is 3.00 bits per heavy atom. The van der Waals surface area contributed by atoms with Crippen molar-refractivity contribution in [2.75, 3.05) is 25.0 Å². The highest BCUT2D eigenvalue weighted by molar-refractivity contribution is 6.33. The van der Waals surface area contributed by atoms with E-state index in [0.29, 0.717) is 0 Å². The van der Waals surface area contributed by atoms with Crippen LogP contribution in [-0.4, -0.2) is 20.1 Å². The first kappa shape index (κ1) is 12.7. The van der Waals surface area contributed by atoms with Gasteiger partial charge in [0.1, 0.15) is 0 Å². The van der Waals surface area contributed by atoms with Crippen molar-refractivity contribution < 1.29 is 0 Å². The van der Waals surface area contributed by atoms with Gasteiger partial charge in [-0.15, -0.1) is 0 Å². The van der Waals surface area contributed by atoms with Crippen molar-refractivity contribution in [3.05, 3.63) is 28.8 Å². The van der Waals surface area contributed by atoms with Gasteiger partial charge < -0.3 is 10.2 Å². The number of benzene rings is 1. The number of hydrogen-bond donors (Lipinski definition) is 1. The number of anilines is 1. The average Bonchev–Trinajstić information content (AvgIpc) is 2.29. The normalized spacial score (nSPS) is 20.6. The summed E-state index contributed by atoms with van der Waals surface area (Å²) in [5.74, 6) is 0.766. The van der Waals surface area contributed by atoms with Gasteiger partial charge in [0.15, 0.2) is 0 Å². The molecule has 0 aliphatic carbocycles. The first-order chi connectivity index (χ1) is 8.22. The summed E-state index contributed by atoms with van der Waals surface area (Å²) in [6, 6.07) is 6.19. The monoisotopic (exact) mass is 252 g/mol. The van der Waals surface area contributed by atoms with Gasteiger partial charge in [-0.1, -0.05) is 30.7 Å². The molecule has 1 saturated heterocycles. The van der Waals surface area contributed by atoms with Crippen LogP contribution in [0, 0.1) is 5.92 Å². The highest BCUT2D eigenvalue weighted by atomic mass is 35.5. The van der Waals surface area contributed by atoms with E-state index in [1.807, 2.05) is 19.2 Å². The number of halogens is 1. The third kappa shape index (κ3) is 2.93. The number of piperidine rings is 1. The Bertz CT molecular complexity index is 378. The molecule has 1 aliphatic rings. The van der Waals surface area contributed by atoms with Crippen molar-refractivity contribution in [1.29, 1.82) is 0 Å². The van der Waals surface area contributed by atoms with E-state index in [1.165, 1.54) is 24.1 Å². The Hall–Kier alpha value is -0.730. The van der Waals surface area contributed by atoms with Gasteiger partial charge in [-0.3, -0.25) is 0 Å². The fraction of sp³-hybridized carbons (Fsp3) is 0.571. The summed E-state index contributed by atoms with van der Waals surface area (Å²) in [6.07, 6.45) is 2.60. The minimum atomic E-state index is 0.766. The maximum absolute atomic E-state index is 6.38. The van der Waals surface area contributed by atoms with E-state index in [-0.39, 0.29) is 0 Å². The fourth-order valence-electron chi connectivity index (χ4n) is 2.64. The number of nitrogens with one attached hydrogen (secondary N) is 1. The van der Waals surface area contributed by atoms with Crippen LogP contribution < -0.4 is 10.2 Å². The van der Waals surface area contributed by atoms with Crippen LogP contribution in [0.25, 0.3) is 0 Å². The molecule has 1 unspecified atom stereocenters. The van der Waals surface area contributed by atoms with Crippen LogP contribution in [0.4, 0.5) is 5.69 Å². The standard InChI is InChI=1S/C14H21ClN2/c1-11-5-4-8-17(10-11)14-12(9-16-2)6-3-7-13(14)15/h3,6-7,11,16H,4-5,8-10H2,1-2H3. The van der Waals surface area contributed by atoms with Crippen LogP contribution in [0.15, 0.2) is 18.2 Å². The predicted octanol–water partition coefficient (Wildman–Crippen LogP) is 3.30. The van der Waals surface area contributed by atoms with E-state index in [4.69, 9.17) is 11.6 Å². The zero-order valence-corrected chi connectivity index (χ0v) is 11.4. The number of hydrogen-bond acceptors (Lipinski definition) is 2. The molecule has 17 heavy (non-hydrogen) atoms. The third-order valence-electron chi connectivity index (χ3n) is 3.41. The molecule has 1 atom stereocenters. The van der Waals surface area contributed by atoms with Gasteiger partial charge in [0.25, 0.3) is 0 Å². The molecule has 0 bridgehead atoms. The summed E-state index contributed by atoms with van der Waals surface area (Å²) in [5, 5.41) is 4.10. The first-order valence-electron chi connectivity index (χ1n) is 6.39. The number of nitrogens with zero attached hydrogens (tertiary/aromatic N) is 1. The summed E-state index contributed by atoms with van der Waals surface area (Å²) in [7, 11) is 1.98. The van der Waals surface area contributed by atoms with E-state index >= 15 is 0 Å². The Morgan fingerprint density at radius 1 is 1.47 bits per heavy atom. The van der Waals surface area contributed by atoms with E-state index in [0.717, 1.165) is 30.6 Å². The molecule has 2 nitrogen and oxygen atoms in total. The minimum Gasteiger partial charge on any atom is -0.370 e. The summed E-state index contributed by atoms with van der Waals surface area (Å²) in [6.45, 7) is 5.45. The first-order valence-corrected chi connectivity index (χ1v) is 6.77. The molecular weight excluding hydrogens is 232 g/mol. The van der Waals surface area contributed by atoms with E-state index < -0.39 is 0 Å². The van der Waals surface area contributed by atoms with Crippen molar-refractivity contribution in [3.63, 3.8) is 0 Å². The van der Waals surface area contributed by atoms with E-state index in [1.54, 1.807) is 0 Å². The molecule has 1 aromatic carbocycles. The predicted molar refractivity (Wildman–Crippen MR) is 74.8 cm³/mol. The molecule has 94 valence electrons. The van der Waals surface area contributed by atoms with Crippen LogP contribution in [-0.2, 0) is 6.54 Å². The van der Waals surface area contributed by atoms with Crippen molar-refractivity contribution in [3.8, 4) is 0 Å². The van der Waals surface area contributed by atoms with Crippen LogP contribution in [0.5, 0.6) is 0 Å². The lowest BCUT2D eigenvalue weighted by Gasteiger charge is -2.34. The molecule has 1 heterocycles. The van der Waals surface area contributed by atoms with Crippen molar-refractivity contribution in [2.24, 2.45) is 5.92 Å². The zero-order chi connectivity index (χ0) is 12.3. The lowest BCUT2D eigenvalue weighted by atomic mass is 9.99. The molecular formula is C14H21ClN2. The summed E-state index contributed by atoms with van der Waals surface area (Å²) in [5.41, 5.74) is 2.53. The van der Waals surface area contributed by atoms with Gasteiger partial charge in [0.05, 0.1) is 10.7 Å². The summed E-state index contributed by atoms with van der Waals surface area (Å²) < 4.78 is 0. The highest BCUT2D eigenvalue weighted by Crippen LogP contribution is 2.33. The zero-order valence-electron chi connectivity index (χ0n) is 10.7. The second-order valence-corrected chi connectivity index (χ2v) is 5.38. The maximum Gasteiger partial charge on any atom is 0.0642 e. The molecule has 1 fully saturated rings. The molecule has 1 aromatic rings. The minimum absolute atomic E-state index is 0.766. The van der Waals surface area contributed by atoms with Crippen LogP contribution in [0.3, 0.4) is 0 Å². The lowest BCUT2D eigenvalue weighted by molar-refractivity contribution is 0.446. The molecule has 0 spiro atoms. The average molecular weight is 253 g/mol. The molecule has 1 N–H and O–H groups in total. The lowest BCUT2D eigenvalue weighted by Crippen LogP contribution is -2.35. The molecule has 0 amide bonds. The topological polar surface area (TPSA) is 15.3 Å². The van der Waals surface area contributed by atoms with Gasteiger partial charge in [0, 0.05) is 19.6 Å². The second kappa shape index (κ2) is 5.74. The molecule has 1 aliphatic heterocycles. The Labute approximate surface area is 109 Å². The quantitative estimate of drug-likeness (QED) is 0.888. The molecule has 2 rings (SSSR count). The van der Waals surface area contributed by atoms with E-state index in [2.05, 4.69) is 23.2 Å².